The summed E-state index contributed by atoms with van der Waals surface area (Å²) in [4.78, 5) is 12.3. The third kappa shape index (κ3) is 5.98. The van der Waals surface area contributed by atoms with Crippen molar-refractivity contribution < 1.29 is 24.1 Å². The highest BCUT2D eigenvalue weighted by molar-refractivity contribution is 5.95. The maximum absolute atomic E-state index is 12.3. The molecule has 1 rings (SSSR count). The van der Waals surface area contributed by atoms with E-state index >= 15 is 0 Å². The van der Waals surface area contributed by atoms with Gasteiger partial charge in [-0.25, -0.2) is 0 Å². The minimum absolute atomic E-state index is 0.146. The summed E-state index contributed by atoms with van der Waals surface area (Å²) in [6.45, 7) is 10.3. The summed E-state index contributed by atoms with van der Waals surface area (Å²) in [5.74, 6) is 1.12. The van der Waals surface area contributed by atoms with Crippen molar-refractivity contribution in [2.45, 2.75) is 40.2 Å². The highest BCUT2D eigenvalue weighted by Crippen LogP contribution is 2.39. The van der Waals surface area contributed by atoms with Gasteiger partial charge in [0.1, 0.15) is 0 Å². The van der Waals surface area contributed by atoms with E-state index < -0.39 is 5.60 Å². The fourth-order valence-electron chi connectivity index (χ4n) is 1.92. The second kappa shape index (κ2) is 8.62. The van der Waals surface area contributed by atoms with Crippen LogP contribution >= 0.6 is 0 Å². The highest BCUT2D eigenvalue weighted by atomic mass is 16.5. The molecule has 0 bridgehead atoms. The van der Waals surface area contributed by atoms with Crippen LogP contribution < -0.4 is 19.5 Å². The third-order valence-electron chi connectivity index (χ3n) is 2.85. The normalized spacial score (nSPS) is 11.0. The third-order valence-corrected chi connectivity index (χ3v) is 2.85. The first-order valence-electron chi connectivity index (χ1n) is 7.89. The molecular weight excluding hydrogens is 298 g/mol. The number of benzene rings is 1. The topological polar surface area (TPSA) is 77.0 Å². The van der Waals surface area contributed by atoms with Gasteiger partial charge in [0, 0.05) is 12.1 Å². The Labute approximate surface area is 137 Å². The predicted octanol–water partition coefficient (Wildman–Crippen LogP) is 2.38. The smallest absolute Gasteiger partial charge is 0.251 e. The molecular formula is C17H27NO5. The van der Waals surface area contributed by atoms with Gasteiger partial charge >= 0.3 is 0 Å². The molecule has 23 heavy (non-hydrogen) atoms. The molecule has 0 aliphatic rings. The molecule has 130 valence electrons. The van der Waals surface area contributed by atoms with Crippen LogP contribution in [0.5, 0.6) is 17.2 Å². The fraction of sp³-hybridized carbons (Fsp3) is 0.588. The molecule has 0 saturated carbocycles. The Hall–Kier alpha value is -1.95. The van der Waals surface area contributed by atoms with E-state index in [2.05, 4.69) is 5.32 Å². The van der Waals surface area contributed by atoms with Gasteiger partial charge in [-0.1, -0.05) is 0 Å². The molecule has 0 aromatic heterocycles. The largest absolute Gasteiger partial charge is 0.490 e. The number of aliphatic hydroxyl groups is 1. The van der Waals surface area contributed by atoms with Crippen molar-refractivity contribution in [3.05, 3.63) is 17.7 Å². The first kappa shape index (κ1) is 19.1. The van der Waals surface area contributed by atoms with Crippen molar-refractivity contribution >= 4 is 5.91 Å². The molecule has 1 amide bonds. The molecule has 2 N–H and O–H groups in total. The van der Waals surface area contributed by atoms with Gasteiger partial charge in [-0.3, -0.25) is 4.79 Å². The quantitative estimate of drug-likeness (QED) is 0.729. The lowest BCUT2D eigenvalue weighted by Gasteiger charge is -2.19. The Morgan fingerprint density at radius 3 is 1.91 bits per heavy atom. The summed E-state index contributed by atoms with van der Waals surface area (Å²) >= 11 is 0. The lowest BCUT2D eigenvalue weighted by Crippen LogP contribution is -2.38. The van der Waals surface area contributed by atoms with Gasteiger partial charge in [0.2, 0.25) is 5.75 Å². The number of carbonyl (C=O) groups is 1. The monoisotopic (exact) mass is 325 g/mol. The lowest BCUT2D eigenvalue weighted by molar-refractivity contribution is 0.0694. The summed E-state index contributed by atoms with van der Waals surface area (Å²) in [5.41, 5.74) is -0.587. The second-order valence-corrected chi connectivity index (χ2v) is 5.60. The molecule has 0 unspecified atom stereocenters. The zero-order valence-electron chi connectivity index (χ0n) is 14.6. The van der Waals surface area contributed by atoms with Crippen LogP contribution in [0, 0.1) is 0 Å². The van der Waals surface area contributed by atoms with Crippen LogP contribution in [-0.4, -0.2) is 43.0 Å². The van der Waals surface area contributed by atoms with Crippen LogP contribution in [-0.2, 0) is 0 Å². The minimum atomic E-state index is -0.980. The Kier molecular flexibility index (Phi) is 7.16. The van der Waals surface area contributed by atoms with E-state index in [1.807, 2.05) is 20.8 Å². The van der Waals surface area contributed by atoms with Crippen molar-refractivity contribution in [2.75, 3.05) is 26.4 Å². The Morgan fingerprint density at radius 2 is 1.52 bits per heavy atom. The average Bonchev–Trinajstić information content (AvgIpc) is 2.47. The zero-order chi connectivity index (χ0) is 17.5. The first-order chi connectivity index (χ1) is 10.8. The molecule has 0 aliphatic carbocycles. The molecule has 0 saturated heterocycles. The predicted molar refractivity (Wildman–Crippen MR) is 88.6 cm³/mol. The summed E-state index contributed by atoms with van der Waals surface area (Å²) in [7, 11) is 0. The van der Waals surface area contributed by atoms with Crippen LogP contribution in [0.1, 0.15) is 45.0 Å². The Bertz CT molecular complexity index is 495. The lowest BCUT2D eigenvalue weighted by atomic mass is 10.1. The number of hydrogen-bond acceptors (Lipinski definition) is 5. The summed E-state index contributed by atoms with van der Waals surface area (Å²) in [5, 5.41) is 12.4. The first-order valence-corrected chi connectivity index (χ1v) is 7.89. The number of hydrogen-bond donors (Lipinski definition) is 2. The van der Waals surface area contributed by atoms with Crippen LogP contribution in [0.4, 0.5) is 0 Å². The van der Waals surface area contributed by atoms with E-state index in [-0.39, 0.29) is 12.5 Å². The standard InChI is InChI=1S/C17H27NO5/c1-6-21-13-9-12(16(19)18-11-17(4,5)20)10-14(22-7-2)15(13)23-8-3/h9-10,20H,6-8,11H2,1-5H3,(H,18,19). The van der Waals surface area contributed by atoms with Gasteiger partial charge < -0.3 is 24.6 Å². The van der Waals surface area contributed by atoms with Crippen LogP contribution in [0.3, 0.4) is 0 Å². The minimum Gasteiger partial charge on any atom is -0.490 e. The van der Waals surface area contributed by atoms with Gasteiger partial charge in [0.05, 0.1) is 25.4 Å². The van der Waals surface area contributed by atoms with Crippen molar-refractivity contribution in [1.82, 2.24) is 5.32 Å². The molecule has 0 fully saturated rings. The van der Waals surface area contributed by atoms with Crippen LogP contribution in [0.2, 0.25) is 0 Å². The maximum atomic E-state index is 12.3. The molecule has 6 nitrogen and oxygen atoms in total. The van der Waals surface area contributed by atoms with Crippen molar-refractivity contribution in [1.29, 1.82) is 0 Å². The molecule has 0 spiro atoms. The van der Waals surface area contributed by atoms with Crippen molar-refractivity contribution in [3.8, 4) is 17.2 Å². The summed E-state index contributed by atoms with van der Waals surface area (Å²) in [6, 6.07) is 3.24. The van der Waals surface area contributed by atoms with Crippen molar-refractivity contribution in [3.63, 3.8) is 0 Å². The fourth-order valence-corrected chi connectivity index (χ4v) is 1.92. The van der Waals surface area contributed by atoms with E-state index in [1.165, 1.54) is 0 Å². The number of ether oxygens (including phenoxy) is 3. The van der Waals surface area contributed by atoms with Gasteiger partial charge in [-0.05, 0) is 46.8 Å². The van der Waals surface area contributed by atoms with E-state index in [1.54, 1.807) is 26.0 Å². The zero-order valence-corrected chi connectivity index (χ0v) is 14.6. The number of nitrogens with one attached hydrogen (secondary N) is 1. The SMILES string of the molecule is CCOc1cc(C(=O)NCC(C)(C)O)cc(OCC)c1OCC. The number of carbonyl (C=O) groups excluding carboxylic acids is 1. The molecule has 0 heterocycles. The van der Waals surface area contributed by atoms with Gasteiger partial charge in [0.25, 0.3) is 5.91 Å². The van der Waals surface area contributed by atoms with E-state index in [9.17, 15) is 9.90 Å². The van der Waals surface area contributed by atoms with E-state index in [4.69, 9.17) is 14.2 Å². The Morgan fingerprint density at radius 1 is 1.04 bits per heavy atom. The summed E-state index contributed by atoms with van der Waals surface area (Å²) < 4.78 is 16.8. The Balaban J connectivity index is 3.14. The van der Waals surface area contributed by atoms with Gasteiger partial charge in [-0.15, -0.1) is 0 Å². The molecule has 1 aromatic carbocycles. The van der Waals surface area contributed by atoms with Crippen LogP contribution in [0.25, 0.3) is 0 Å². The number of rotatable bonds is 9. The van der Waals surface area contributed by atoms with Gasteiger partial charge in [-0.2, -0.15) is 0 Å². The molecule has 0 aliphatic heterocycles. The van der Waals surface area contributed by atoms with E-state index in [0.29, 0.717) is 42.6 Å². The average molecular weight is 325 g/mol. The van der Waals surface area contributed by atoms with E-state index in [0.717, 1.165) is 0 Å². The molecule has 0 radical (unpaired) electrons. The van der Waals surface area contributed by atoms with Gasteiger partial charge in [0.15, 0.2) is 11.5 Å². The molecule has 6 heteroatoms. The van der Waals surface area contributed by atoms with Crippen LogP contribution in [0.15, 0.2) is 12.1 Å². The molecule has 0 atom stereocenters. The van der Waals surface area contributed by atoms with Crippen molar-refractivity contribution in [2.24, 2.45) is 0 Å². The summed E-state index contributed by atoms with van der Waals surface area (Å²) in [6.07, 6.45) is 0. The number of amides is 1. The second-order valence-electron chi connectivity index (χ2n) is 5.60. The maximum Gasteiger partial charge on any atom is 0.251 e. The highest BCUT2D eigenvalue weighted by Gasteiger charge is 2.20. The molecule has 1 aromatic rings.